The molecule has 1 heterocycles. The number of rotatable bonds is 5. The van der Waals surface area contributed by atoms with Crippen molar-refractivity contribution in [2.75, 3.05) is 27.4 Å². The highest BCUT2D eigenvalue weighted by molar-refractivity contribution is 5.81. The number of carbonyl (C=O) groups excluding carboxylic acids is 1. The highest BCUT2D eigenvalue weighted by Crippen LogP contribution is 2.27. The fourth-order valence-corrected chi connectivity index (χ4v) is 2.43. The molecule has 0 aliphatic carbocycles. The van der Waals surface area contributed by atoms with Gasteiger partial charge < -0.3 is 14.4 Å². The maximum absolute atomic E-state index is 12.0. The minimum absolute atomic E-state index is 0.0312. The van der Waals surface area contributed by atoms with Crippen molar-refractivity contribution in [3.63, 3.8) is 0 Å². The second kappa shape index (κ2) is 6.04. The van der Waals surface area contributed by atoms with Crippen LogP contribution in [0.1, 0.15) is 18.7 Å². The van der Waals surface area contributed by atoms with Gasteiger partial charge in [0, 0.05) is 7.11 Å². The largest absolute Gasteiger partial charge is 0.497 e. The van der Waals surface area contributed by atoms with Gasteiger partial charge in [0.15, 0.2) is 0 Å². The van der Waals surface area contributed by atoms with Gasteiger partial charge in [-0.1, -0.05) is 12.1 Å². The van der Waals surface area contributed by atoms with Crippen molar-refractivity contribution in [3.05, 3.63) is 29.8 Å². The van der Waals surface area contributed by atoms with Crippen LogP contribution in [0.15, 0.2) is 24.3 Å². The second-order valence-corrected chi connectivity index (χ2v) is 4.67. The first-order valence-electron chi connectivity index (χ1n) is 6.34. The molecule has 0 radical (unpaired) electrons. The summed E-state index contributed by atoms with van der Waals surface area (Å²) in [5.74, 6) is 0.885. The molecule has 2 atom stereocenters. The molecular formula is C14H20N2O3. The number of methoxy groups -OCH3 is 2. The Labute approximate surface area is 113 Å². The molecule has 19 heavy (non-hydrogen) atoms. The zero-order chi connectivity index (χ0) is 13.8. The van der Waals surface area contributed by atoms with E-state index in [9.17, 15) is 4.79 Å². The molecule has 5 nitrogen and oxygen atoms in total. The molecule has 1 aromatic rings. The van der Waals surface area contributed by atoms with Crippen molar-refractivity contribution in [3.8, 4) is 5.75 Å². The van der Waals surface area contributed by atoms with Crippen LogP contribution < -0.4 is 10.1 Å². The molecule has 104 valence electrons. The standard InChI is InChI=1S/C14H20N2O3/c1-10(9-18-2)16-13(17)8-15-14(16)11-5-4-6-12(7-11)19-3/h4-7,10,14-15H,8-9H2,1-3H3. The van der Waals surface area contributed by atoms with Crippen LogP contribution in [0.4, 0.5) is 0 Å². The predicted octanol–water partition coefficient (Wildman–Crippen LogP) is 1.16. The average Bonchev–Trinajstić information content (AvgIpc) is 2.81. The zero-order valence-corrected chi connectivity index (χ0v) is 11.6. The molecule has 1 amide bonds. The van der Waals surface area contributed by atoms with E-state index in [0.717, 1.165) is 11.3 Å². The molecule has 0 spiro atoms. The summed E-state index contributed by atoms with van der Waals surface area (Å²) < 4.78 is 10.4. The molecule has 0 bridgehead atoms. The van der Waals surface area contributed by atoms with Crippen molar-refractivity contribution < 1.29 is 14.3 Å². The van der Waals surface area contributed by atoms with E-state index in [1.165, 1.54) is 0 Å². The maximum Gasteiger partial charge on any atom is 0.238 e. The summed E-state index contributed by atoms with van der Waals surface area (Å²) in [5, 5.41) is 3.23. The predicted molar refractivity (Wildman–Crippen MR) is 71.9 cm³/mol. The molecule has 1 aromatic carbocycles. The number of ether oxygens (including phenoxy) is 2. The molecule has 1 aliphatic heterocycles. The lowest BCUT2D eigenvalue weighted by molar-refractivity contribution is -0.131. The van der Waals surface area contributed by atoms with Gasteiger partial charge in [0.2, 0.25) is 5.91 Å². The van der Waals surface area contributed by atoms with Gasteiger partial charge in [-0.3, -0.25) is 10.1 Å². The van der Waals surface area contributed by atoms with Crippen molar-refractivity contribution in [2.24, 2.45) is 0 Å². The van der Waals surface area contributed by atoms with Crippen LogP contribution in [0.25, 0.3) is 0 Å². The molecule has 0 aromatic heterocycles. The van der Waals surface area contributed by atoms with Gasteiger partial charge in [0.1, 0.15) is 11.9 Å². The van der Waals surface area contributed by atoms with Crippen LogP contribution in [0.3, 0.4) is 0 Å². The number of benzene rings is 1. The number of carbonyl (C=O) groups is 1. The third-order valence-electron chi connectivity index (χ3n) is 3.31. The van der Waals surface area contributed by atoms with Gasteiger partial charge in [-0.05, 0) is 24.6 Å². The topological polar surface area (TPSA) is 50.8 Å². The van der Waals surface area contributed by atoms with Crippen LogP contribution in [0, 0.1) is 0 Å². The average molecular weight is 264 g/mol. The highest BCUT2D eigenvalue weighted by atomic mass is 16.5. The van der Waals surface area contributed by atoms with Crippen LogP contribution in [0.2, 0.25) is 0 Å². The quantitative estimate of drug-likeness (QED) is 0.867. The number of hydrogen-bond donors (Lipinski definition) is 1. The Kier molecular flexibility index (Phi) is 4.39. The maximum atomic E-state index is 12.0. The van der Waals surface area contributed by atoms with Gasteiger partial charge in [0.05, 0.1) is 26.3 Å². The van der Waals surface area contributed by atoms with Gasteiger partial charge in [-0.2, -0.15) is 0 Å². The minimum Gasteiger partial charge on any atom is -0.497 e. The first-order chi connectivity index (χ1) is 9.17. The Balaban J connectivity index is 2.24. The van der Waals surface area contributed by atoms with E-state index >= 15 is 0 Å². The van der Waals surface area contributed by atoms with E-state index in [0.29, 0.717) is 13.2 Å². The second-order valence-electron chi connectivity index (χ2n) is 4.67. The lowest BCUT2D eigenvalue weighted by Crippen LogP contribution is -2.40. The summed E-state index contributed by atoms with van der Waals surface area (Å²) in [6.07, 6.45) is -0.118. The number of nitrogens with one attached hydrogen (secondary N) is 1. The summed E-state index contributed by atoms with van der Waals surface area (Å²) >= 11 is 0. The summed E-state index contributed by atoms with van der Waals surface area (Å²) in [6, 6.07) is 7.79. The van der Waals surface area contributed by atoms with Crippen molar-refractivity contribution >= 4 is 5.91 Å². The summed E-state index contributed by atoms with van der Waals surface area (Å²) in [6.45, 7) is 2.87. The summed E-state index contributed by atoms with van der Waals surface area (Å²) in [7, 11) is 3.28. The Bertz CT molecular complexity index is 450. The van der Waals surface area contributed by atoms with E-state index in [1.807, 2.05) is 36.1 Å². The van der Waals surface area contributed by atoms with Gasteiger partial charge in [0.25, 0.3) is 0 Å². The first kappa shape index (κ1) is 13.8. The lowest BCUT2D eigenvalue weighted by Gasteiger charge is -2.30. The van der Waals surface area contributed by atoms with Gasteiger partial charge >= 0.3 is 0 Å². The molecule has 1 saturated heterocycles. The Morgan fingerprint density at radius 1 is 1.47 bits per heavy atom. The molecule has 0 saturated carbocycles. The van der Waals surface area contributed by atoms with E-state index in [2.05, 4.69) is 5.32 Å². The highest BCUT2D eigenvalue weighted by Gasteiger charge is 2.34. The Morgan fingerprint density at radius 3 is 2.95 bits per heavy atom. The third-order valence-corrected chi connectivity index (χ3v) is 3.31. The van der Waals surface area contributed by atoms with Crippen LogP contribution in [-0.2, 0) is 9.53 Å². The number of amides is 1. The van der Waals surface area contributed by atoms with Crippen molar-refractivity contribution in [1.82, 2.24) is 10.2 Å². The monoisotopic (exact) mass is 264 g/mol. The smallest absolute Gasteiger partial charge is 0.238 e. The van der Waals surface area contributed by atoms with E-state index in [-0.39, 0.29) is 18.1 Å². The molecule has 1 N–H and O–H groups in total. The molecule has 2 unspecified atom stereocenters. The molecule has 5 heteroatoms. The van der Waals surface area contributed by atoms with Gasteiger partial charge in [-0.15, -0.1) is 0 Å². The number of nitrogens with zero attached hydrogens (tertiary/aromatic N) is 1. The van der Waals surface area contributed by atoms with Crippen LogP contribution in [0.5, 0.6) is 5.75 Å². The Hall–Kier alpha value is -1.59. The summed E-state index contributed by atoms with van der Waals surface area (Å²) in [4.78, 5) is 13.8. The molecule has 1 fully saturated rings. The third kappa shape index (κ3) is 2.88. The minimum atomic E-state index is -0.118. The molecule has 1 aliphatic rings. The first-order valence-corrected chi connectivity index (χ1v) is 6.34. The zero-order valence-electron chi connectivity index (χ0n) is 11.6. The van der Waals surface area contributed by atoms with E-state index in [1.54, 1.807) is 14.2 Å². The van der Waals surface area contributed by atoms with Crippen LogP contribution in [-0.4, -0.2) is 44.2 Å². The SMILES string of the molecule is COCC(C)N1C(=O)CNC1c1cccc(OC)c1. The van der Waals surface area contributed by atoms with Crippen molar-refractivity contribution in [1.29, 1.82) is 0 Å². The summed E-state index contributed by atoms with van der Waals surface area (Å²) in [5.41, 5.74) is 1.02. The lowest BCUT2D eigenvalue weighted by atomic mass is 10.1. The molecule has 2 rings (SSSR count). The van der Waals surface area contributed by atoms with Crippen molar-refractivity contribution in [2.45, 2.75) is 19.1 Å². The fraction of sp³-hybridized carbons (Fsp3) is 0.500. The van der Waals surface area contributed by atoms with Gasteiger partial charge in [-0.25, -0.2) is 0 Å². The Morgan fingerprint density at radius 2 is 2.26 bits per heavy atom. The normalized spacial score (nSPS) is 20.7. The number of hydrogen-bond acceptors (Lipinski definition) is 4. The van der Waals surface area contributed by atoms with Crippen LogP contribution >= 0.6 is 0 Å². The molecular weight excluding hydrogens is 244 g/mol. The van der Waals surface area contributed by atoms with E-state index < -0.39 is 0 Å². The fourth-order valence-electron chi connectivity index (χ4n) is 2.43. The van der Waals surface area contributed by atoms with E-state index in [4.69, 9.17) is 9.47 Å².